The average Bonchev–Trinajstić information content (AvgIpc) is 2.66. The zero-order valence-electron chi connectivity index (χ0n) is 14.6. The monoisotopic (exact) mass is 432 g/mol. The van der Waals surface area contributed by atoms with Crippen molar-refractivity contribution in [3.05, 3.63) is 57.6 Å². The molecule has 2 aromatic carbocycles. The molecular weight excluding hydrogens is 417 g/mol. The fourth-order valence-corrected chi connectivity index (χ4v) is 2.50. The van der Waals surface area contributed by atoms with E-state index < -0.39 is 12.5 Å². The van der Waals surface area contributed by atoms with Crippen molar-refractivity contribution >= 4 is 35.0 Å². The van der Waals surface area contributed by atoms with Gasteiger partial charge in [0.05, 0.1) is 17.2 Å². The van der Waals surface area contributed by atoms with Gasteiger partial charge < -0.3 is 20.1 Å². The van der Waals surface area contributed by atoms with Gasteiger partial charge in [-0.25, -0.2) is 0 Å². The predicted molar refractivity (Wildman–Crippen MR) is 101 cm³/mol. The number of amides is 2. The Labute approximate surface area is 169 Å². The lowest BCUT2D eigenvalue weighted by Crippen LogP contribution is -2.34. The number of hydrogen-bond donors (Lipinski definition) is 2. The van der Waals surface area contributed by atoms with Crippen molar-refractivity contribution in [1.29, 1.82) is 0 Å². The maximum absolute atomic E-state index is 12.4. The highest BCUT2D eigenvalue weighted by Crippen LogP contribution is 2.29. The molecule has 0 saturated carbocycles. The molecule has 150 valence electrons. The molecule has 0 aliphatic heterocycles. The summed E-state index contributed by atoms with van der Waals surface area (Å²) in [5.74, 6) is -1.08. The molecule has 0 aliphatic carbocycles. The Kier molecular flexibility index (Phi) is 7.83. The first-order valence-corrected chi connectivity index (χ1v) is 8.71. The molecule has 2 amide bonds. The minimum Gasteiger partial charge on any atom is -0.493 e. The van der Waals surface area contributed by atoms with Crippen LogP contribution >= 0.6 is 23.2 Å². The van der Waals surface area contributed by atoms with Crippen LogP contribution in [0.4, 0.5) is 8.78 Å². The molecule has 0 unspecified atom stereocenters. The topological polar surface area (TPSA) is 76.7 Å². The number of nitrogens with one attached hydrogen (secondary N) is 2. The van der Waals surface area contributed by atoms with Crippen molar-refractivity contribution in [3.63, 3.8) is 0 Å². The lowest BCUT2D eigenvalue weighted by atomic mass is 10.2. The standard InChI is InChI=1S/C18H16Cl2F2N2O4/c1-27-14-5-3-11(9-15(14)28-18(21)22)17(26)24-7-6-23-16(25)10-2-4-12(19)13(20)8-10/h2-5,8-9,18H,6-7H2,1H3,(H,23,25)(H,24,26). The molecule has 2 N–H and O–H groups in total. The Morgan fingerprint density at radius 1 is 0.929 bits per heavy atom. The van der Waals surface area contributed by atoms with Gasteiger partial charge in [-0.05, 0) is 36.4 Å². The van der Waals surface area contributed by atoms with E-state index in [1.807, 2.05) is 0 Å². The quantitative estimate of drug-likeness (QED) is 0.622. The van der Waals surface area contributed by atoms with E-state index >= 15 is 0 Å². The van der Waals surface area contributed by atoms with Gasteiger partial charge in [0.25, 0.3) is 11.8 Å². The van der Waals surface area contributed by atoms with Crippen LogP contribution in [0.25, 0.3) is 0 Å². The first-order valence-electron chi connectivity index (χ1n) is 7.96. The normalized spacial score (nSPS) is 10.5. The summed E-state index contributed by atoms with van der Waals surface area (Å²) in [5, 5.41) is 5.76. The van der Waals surface area contributed by atoms with Gasteiger partial charge in [-0.1, -0.05) is 23.2 Å². The summed E-state index contributed by atoms with van der Waals surface area (Å²) < 4.78 is 34.1. The molecular formula is C18H16Cl2F2N2O4. The van der Waals surface area contributed by atoms with Gasteiger partial charge >= 0.3 is 6.61 Å². The van der Waals surface area contributed by atoms with Crippen molar-refractivity contribution in [2.75, 3.05) is 20.2 Å². The molecule has 0 spiro atoms. The molecule has 28 heavy (non-hydrogen) atoms. The van der Waals surface area contributed by atoms with Gasteiger partial charge in [0.1, 0.15) is 0 Å². The molecule has 0 aromatic heterocycles. The summed E-state index contributed by atoms with van der Waals surface area (Å²) in [4.78, 5) is 24.2. The van der Waals surface area contributed by atoms with Crippen LogP contribution in [0.15, 0.2) is 36.4 Å². The number of carbonyl (C=O) groups excluding carboxylic acids is 2. The molecule has 6 nitrogen and oxygen atoms in total. The third kappa shape index (κ3) is 5.97. The number of alkyl halides is 2. The van der Waals surface area contributed by atoms with Gasteiger partial charge in [-0.2, -0.15) is 8.78 Å². The van der Waals surface area contributed by atoms with Crippen molar-refractivity contribution in [1.82, 2.24) is 10.6 Å². The number of ether oxygens (including phenoxy) is 2. The molecule has 10 heteroatoms. The lowest BCUT2D eigenvalue weighted by molar-refractivity contribution is -0.0512. The van der Waals surface area contributed by atoms with Crippen LogP contribution in [0, 0.1) is 0 Å². The summed E-state index contributed by atoms with van der Waals surface area (Å²) in [5.41, 5.74) is 0.428. The zero-order valence-corrected chi connectivity index (χ0v) is 16.1. The Morgan fingerprint density at radius 2 is 1.50 bits per heavy atom. The van der Waals surface area contributed by atoms with Crippen molar-refractivity contribution in [2.45, 2.75) is 6.61 Å². The summed E-state index contributed by atoms with van der Waals surface area (Å²) in [6.07, 6.45) is 0. The SMILES string of the molecule is COc1ccc(C(=O)NCCNC(=O)c2ccc(Cl)c(Cl)c2)cc1OC(F)F. The fraction of sp³-hybridized carbons (Fsp3) is 0.222. The first kappa shape index (κ1) is 21.7. The molecule has 0 aliphatic rings. The van der Waals surface area contributed by atoms with Crippen molar-refractivity contribution in [2.24, 2.45) is 0 Å². The number of hydrogen-bond acceptors (Lipinski definition) is 4. The molecule has 2 aromatic rings. The van der Waals surface area contributed by atoms with Crippen LogP contribution in [0.5, 0.6) is 11.5 Å². The van der Waals surface area contributed by atoms with E-state index in [0.29, 0.717) is 10.6 Å². The van der Waals surface area contributed by atoms with E-state index in [4.69, 9.17) is 27.9 Å². The smallest absolute Gasteiger partial charge is 0.387 e. The number of methoxy groups -OCH3 is 1. The Balaban J connectivity index is 1.88. The molecule has 0 saturated heterocycles. The predicted octanol–water partition coefficient (Wildman–Crippen LogP) is 3.76. The maximum Gasteiger partial charge on any atom is 0.387 e. The van der Waals surface area contributed by atoms with Crippen LogP contribution in [0.3, 0.4) is 0 Å². The van der Waals surface area contributed by atoms with E-state index in [1.165, 1.54) is 37.4 Å². The van der Waals surface area contributed by atoms with Crippen LogP contribution in [-0.4, -0.2) is 38.6 Å². The highest BCUT2D eigenvalue weighted by molar-refractivity contribution is 6.42. The number of carbonyl (C=O) groups is 2. The number of halogens is 4. The average molecular weight is 433 g/mol. The summed E-state index contributed by atoms with van der Waals surface area (Å²) >= 11 is 11.7. The van der Waals surface area contributed by atoms with Crippen LogP contribution in [0.2, 0.25) is 10.0 Å². The van der Waals surface area contributed by atoms with E-state index in [2.05, 4.69) is 15.4 Å². The van der Waals surface area contributed by atoms with E-state index in [0.717, 1.165) is 6.07 Å². The van der Waals surface area contributed by atoms with E-state index in [-0.39, 0.29) is 41.1 Å². The Bertz CT molecular complexity index is 865. The van der Waals surface area contributed by atoms with Gasteiger partial charge in [-0.3, -0.25) is 9.59 Å². The maximum atomic E-state index is 12.4. The van der Waals surface area contributed by atoms with Gasteiger partial charge in [0, 0.05) is 24.2 Å². The molecule has 2 rings (SSSR count). The van der Waals surface area contributed by atoms with Crippen molar-refractivity contribution in [3.8, 4) is 11.5 Å². The molecule has 0 atom stereocenters. The first-order chi connectivity index (χ1) is 13.3. The minimum atomic E-state index is -3.05. The van der Waals surface area contributed by atoms with Gasteiger partial charge in [-0.15, -0.1) is 0 Å². The highest BCUT2D eigenvalue weighted by Gasteiger charge is 2.14. The largest absolute Gasteiger partial charge is 0.493 e. The lowest BCUT2D eigenvalue weighted by Gasteiger charge is -2.12. The molecule has 0 heterocycles. The second-order valence-electron chi connectivity index (χ2n) is 5.38. The summed E-state index contributed by atoms with van der Waals surface area (Å²) in [6.45, 7) is -2.80. The van der Waals surface area contributed by atoms with Crippen molar-refractivity contribution < 1.29 is 27.8 Å². The van der Waals surface area contributed by atoms with E-state index in [9.17, 15) is 18.4 Å². The van der Waals surface area contributed by atoms with E-state index in [1.54, 1.807) is 0 Å². The summed E-state index contributed by atoms with van der Waals surface area (Å²) in [6, 6.07) is 8.35. The molecule has 0 fully saturated rings. The number of rotatable bonds is 8. The van der Waals surface area contributed by atoms with Gasteiger partial charge in [0.2, 0.25) is 0 Å². The Morgan fingerprint density at radius 3 is 2.04 bits per heavy atom. The third-order valence-corrected chi connectivity index (χ3v) is 4.26. The summed E-state index contributed by atoms with van der Waals surface area (Å²) in [7, 11) is 1.30. The van der Waals surface area contributed by atoms with Gasteiger partial charge in [0.15, 0.2) is 11.5 Å². The van der Waals surface area contributed by atoms with Crippen LogP contribution in [-0.2, 0) is 0 Å². The highest BCUT2D eigenvalue weighted by atomic mass is 35.5. The zero-order chi connectivity index (χ0) is 20.7. The second kappa shape index (κ2) is 10.1. The molecule has 0 radical (unpaired) electrons. The van der Waals surface area contributed by atoms with Crippen LogP contribution < -0.4 is 20.1 Å². The third-order valence-electron chi connectivity index (χ3n) is 3.52. The number of benzene rings is 2. The Hall–Kier alpha value is -2.58. The molecule has 0 bridgehead atoms. The minimum absolute atomic E-state index is 0.0748. The second-order valence-corrected chi connectivity index (χ2v) is 6.20. The fourth-order valence-electron chi connectivity index (χ4n) is 2.20. The van der Waals surface area contributed by atoms with Crippen LogP contribution in [0.1, 0.15) is 20.7 Å².